The number of aliphatic hydroxyl groups is 2. The third-order valence-corrected chi connectivity index (χ3v) is 4.93. The Morgan fingerprint density at radius 2 is 1.29 bits per heavy atom. The number of benzene rings is 2. The number of hydrogen-bond acceptors (Lipinski definition) is 6. The van der Waals surface area contributed by atoms with Crippen LogP contribution in [0.25, 0.3) is 12.2 Å². The Balaban J connectivity index is 2.08. The van der Waals surface area contributed by atoms with Gasteiger partial charge in [-0.1, -0.05) is 36.4 Å². The van der Waals surface area contributed by atoms with Crippen molar-refractivity contribution in [2.75, 3.05) is 50.2 Å². The Kier molecular flexibility index (Phi) is 11.0. The van der Waals surface area contributed by atoms with Crippen molar-refractivity contribution in [1.82, 2.24) is 0 Å². The van der Waals surface area contributed by atoms with E-state index in [0.717, 1.165) is 28.6 Å². The SMILES string of the molecule is CN(CCO)c1ccc(/C=C/C(=O)/C=C(/C=C/c2ccc(N(C)CCO)cc2)OB(F)F)cc1. The fourth-order valence-corrected chi connectivity index (χ4v) is 3.01. The predicted octanol–water partition coefficient (Wildman–Crippen LogP) is 3.66. The van der Waals surface area contributed by atoms with Crippen LogP contribution in [0.3, 0.4) is 0 Å². The summed E-state index contributed by atoms with van der Waals surface area (Å²) in [7, 11) is 0.643. The van der Waals surface area contributed by atoms with Gasteiger partial charge in [0.05, 0.1) is 13.2 Å². The van der Waals surface area contributed by atoms with Gasteiger partial charge in [-0.25, -0.2) is 8.63 Å². The van der Waals surface area contributed by atoms with Crippen LogP contribution in [-0.4, -0.2) is 63.9 Å². The van der Waals surface area contributed by atoms with Gasteiger partial charge < -0.3 is 24.7 Å². The minimum Gasteiger partial charge on any atom is -0.505 e. The highest BCUT2D eigenvalue weighted by Crippen LogP contribution is 2.17. The van der Waals surface area contributed by atoms with Crippen molar-refractivity contribution in [2.24, 2.45) is 0 Å². The monoisotopic (exact) mass is 470 g/mol. The fourth-order valence-electron chi connectivity index (χ4n) is 3.01. The number of rotatable bonds is 13. The molecular formula is C25H29BF2N2O4. The molecule has 0 aliphatic carbocycles. The van der Waals surface area contributed by atoms with E-state index in [1.807, 2.05) is 60.3 Å². The number of carbonyl (C=O) groups excluding carboxylic acids is 1. The fraction of sp³-hybridized carbons (Fsp3) is 0.240. The highest BCUT2D eigenvalue weighted by Gasteiger charge is 2.18. The molecule has 0 bridgehead atoms. The largest absolute Gasteiger partial charge is 0.796 e. The van der Waals surface area contributed by atoms with Crippen LogP contribution in [-0.2, 0) is 9.45 Å². The third-order valence-electron chi connectivity index (χ3n) is 4.93. The molecule has 0 fully saturated rings. The van der Waals surface area contributed by atoms with E-state index in [2.05, 4.69) is 4.65 Å². The second-order valence-electron chi connectivity index (χ2n) is 7.47. The lowest BCUT2D eigenvalue weighted by molar-refractivity contribution is -0.110. The maximum Gasteiger partial charge on any atom is 0.796 e. The van der Waals surface area contributed by atoms with Crippen LogP contribution in [0.2, 0.25) is 0 Å². The number of carbonyl (C=O) groups is 1. The van der Waals surface area contributed by atoms with Crippen molar-refractivity contribution < 1.29 is 28.3 Å². The number of ketones is 1. The average Bonchev–Trinajstić information content (AvgIpc) is 2.82. The van der Waals surface area contributed by atoms with Crippen LogP contribution in [0.15, 0.2) is 72.5 Å². The van der Waals surface area contributed by atoms with E-state index in [4.69, 9.17) is 10.2 Å². The lowest BCUT2D eigenvalue weighted by Crippen LogP contribution is -2.20. The van der Waals surface area contributed by atoms with Gasteiger partial charge in [0.1, 0.15) is 5.76 Å². The molecule has 0 heterocycles. The number of likely N-dealkylation sites (N-methyl/N-ethyl adjacent to an activating group) is 2. The van der Waals surface area contributed by atoms with Crippen molar-refractivity contribution in [1.29, 1.82) is 0 Å². The molecule has 0 saturated heterocycles. The van der Waals surface area contributed by atoms with Gasteiger partial charge in [0.25, 0.3) is 0 Å². The van der Waals surface area contributed by atoms with Crippen molar-refractivity contribution in [2.45, 2.75) is 0 Å². The first-order chi connectivity index (χ1) is 16.3. The maximum absolute atomic E-state index is 12.8. The summed E-state index contributed by atoms with van der Waals surface area (Å²) in [6, 6.07) is 14.6. The number of nitrogens with zero attached hydrogens (tertiary/aromatic N) is 2. The van der Waals surface area contributed by atoms with Gasteiger partial charge in [-0.15, -0.1) is 0 Å². The normalized spacial score (nSPS) is 11.8. The Hall–Kier alpha value is -3.43. The summed E-state index contributed by atoms with van der Waals surface area (Å²) in [5.41, 5.74) is 3.32. The lowest BCUT2D eigenvalue weighted by atomic mass is 10.1. The van der Waals surface area contributed by atoms with Crippen molar-refractivity contribution in [3.8, 4) is 0 Å². The molecule has 0 spiro atoms. The molecule has 0 aromatic heterocycles. The smallest absolute Gasteiger partial charge is 0.505 e. The molecule has 9 heteroatoms. The number of aliphatic hydroxyl groups excluding tert-OH is 2. The molecule has 2 rings (SSSR count). The zero-order valence-corrected chi connectivity index (χ0v) is 19.3. The Bertz CT molecular complexity index is 993. The molecule has 2 aromatic carbocycles. The Labute approximate surface area is 199 Å². The third kappa shape index (κ3) is 9.21. The predicted molar refractivity (Wildman–Crippen MR) is 134 cm³/mol. The van der Waals surface area contributed by atoms with Crippen LogP contribution in [0.1, 0.15) is 11.1 Å². The van der Waals surface area contributed by atoms with Crippen LogP contribution in [0.5, 0.6) is 0 Å². The zero-order valence-electron chi connectivity index (χ0n) is 19.3. The van der Waals surface area contributed by atoms with Crippen molar-refractivity contribution in [3.05, 3.63) is 83.6 Å². The molecule has 34 heavy (non-hydrogen) atoms. The molecule has 180 valence electrons. The number of anilines is 2. The number of hydrogen-bond donors (Lipinski definition) is 2. The molecule has 6 nitrogen and oxygen atoms in total. The van der Waals surface area contributed by atoms with Gasteiger partial charge in [-0.3, -0.25) is 4.79 Å². The van der Waals surface area contributed by atoms with Gasteiger partial charge in [-0.2, -0.15) is 0 Å². The summed E-state index contributed by atoms with van der Waals surface area (Å²) in [5, 5.41) is 18.0. The maximum atomic E-state index is 12.8. The molecule has 2 N–H and O–H groups in total. The second kappa shape index (κ2) is 14.0. The van der Waals surface area contributed by atoms with Crippen molar-refractivity contribution >= 4 is 36.8 Å². The number of halogens is 2. The van der Waals surface area contributed by atoms with Gasteiger partial charge in [-0.05, 0) is 47.5 Å². The van der Waals surface area contributed by atoms with E-state index < -0.39 is 13.3 Å². The molecular weight excluding hydrogens is 441 g/mol. The Morgan fingerprint density at radius 3 is 1.71 bits per heavy atom. The molecule has 2 aromatic rings. The van der Waals surface area contributed by atoms with E-state index in [1.165, 1.54) is 12.2 Å². The van der Waals surface area contributed by atoms with Crippen LogP contribution in [0, 0.1) is 0 Å². The van der Waals surface area contributed by atoms with E-state index in [9.17, 15) is 13.4 Å². The van der Waals surface area contributed by atoms with E-state index in [-0.39, 0.29) is 19.0 Å². The summed E-state index contributed by atoms with van der Waals surface area (Å²) in [5.74, 6) is -0.755. The minimum atomic E-state index is -3.06. The van der Waals surface area contributed by atoms with Gasteiger partial charge in [0, 0.05) is 44.6 Å². The first kappa shape index (κ1) is 26.8. The average molecular weight is 470 g/mol. The molecule has 0 aliphatic heterocycles. The molecule has 0 aliphatic rings. The van der Waals surface area contributed by atoms with Crippen LogP contribution < -0.4 is 9.80 Å². The number of allylic oxidation sites excluding steroid dienone is 3. The van der Waals surface area contributed by atoms with E-state index in [0.29, 0.717) is 13.1 Å². The second-order valence-corrected chi connectivity index (χ2v) is 7.47. The van der Waals surface area contributed by atoms with Gasteiger partial charge in [0.15, 0.2) is 5.78 Å². The highest BCUT2D eigenvalue weighted by atomic mass is 19.2. The molecule has 0 atom stereocenters. The first-order valence-electron chi connectivity index (χ1n) is 10.7. The van der Waals surface area contributed by atoms with Crippen LogP contribution in [0.4, 0.5) is 20.0 Å². The summed E-state index contributed by atoms with van der Waals surface area (Å²) < 4.78 is 30.1. The van der Waals surface area contributed by atoms with Gasteiger partial charge >= 0.3 is 7.47 Å². The lowest BCUT2D eigenvalue weighted by Gasteiger charge is -2.17. The molecule has 0 amide bonds. The standard InChI is InChI=1S/C25H29BF2N2O4/c1-29(15-17-31)22-9-3-20(4-10-22)7-13-24(33)19-25(34-26(27)28)14-8-21-5-11-23(12-6-21)30(2)16-18-32/h3-14,19,31-32H,15-18H2,1-2H3/b13-7+,14-8+,25-19-. The summed E-state index contributed by atoms with van der Waals surface area (Å²) >= 11 is 0. The van der Waals surface area contributed by atoms with E-state index in [1.54, 1.807) is 24.3 Å². The summed E-state index contributed by atoms with van der Waals surface area (Å²) in [6.07, 6.45) is 6.76. The van der Waals surface area contributed by atoms with Gasteiger partial charge in [0.2, 0.25) is 0 Å². The first-order valence-corrected chi connectivity index (χ1v) is 10.7. The molecule has 0 radical (unpaired) electrons. The highest BCUT2D eigenvalue weighted by molar-refractivity contribution is 6.35. The summed E-state index contributed by atoms with van der Waals surface area (Å²) in [4.78, 5) is 16.0. The zero-order chi connectivity index (χ0) is 24.9. The Morgan fingerprint density at radius 1 is 0.853 bits per heavy atom. The van der Waals surface area contributed by atoms with E-state index >= 15 is 0 Å². The topological polar surface area (TPSA) is 73.2 Å². The summed E-state index contributed by atoms with van der Waals surface area (Å²) in [6.45, 7) is 1.07. The minimum absolute atomic E-state index is 0.0348. The van der Waals surface area contributed by atoms with Crippen LogP contribution >= 0.6 is 0 Å². The quantitative estimate of drug-likeness (QED) is 0.202. The molecule has 0 saturated carbocycles. The molecule has 0 unspecified atom stereocenters. The van der Waals surface area contributed by atoms with Crippen molar-refractivity contribution in [3.63, 3.8) is 0 Å².